The van der Waals surface area contributed by atoms with Crippen LogP contribution in [0.5, 0.6) is 0 Å². The highest BCUT2D eigenvalue weighted by atomic mass is 35.5. The molecular weight excluding hydrogens is 223 g/mol. The summed E-state index contributed by atoms with van der Waals surface area (Å²) in [6.45, 7) is 0.293. The van der Waals surface area contributed by atoms with Crippen molar-refractivity contribution in [1.29, 1.82) is 0 Å². The summed E-state index contributed by atoms with van der Waals surface area (Å²) in [5.74, 6) is 0. The lowest BCUT2D eigenvalue weighted by Crippen LogP contribution is -2.44. The van der Waals surface area contributed by atoms with Gasteiger partial charge in [-0.1, -0.05) is 19.3 Å². The second-order valence-electron chi connectivity index (χ2n) is 3.58. The molecule has 0 atom stereocenters. The van der Waals surface area contributed by atoms with Gasteiger partial charge in [-0.05, 0) is 12.8 Å². The average Bonchev–Trinajstić information content (AvgIpc) is 2.16. The smallest absolute Gasteiger partial charge is 0.315 e. The van der Waals surface area contributed by atoms with E-state index in [-0.39, 0.29) is 6.03 Å². The van der Waals surface area contributed by atoms with Crippen LogP contribution in [0.4, 0.5) is 4.79 Å². The molecule has 82 valence electrons. The number of halogens is 2. The Morgan fingerprint density at radius 3 is 2.50 bits per heavy atom. The number of carbonyl (C=O) groups is 1. The molecule has 1 fully saturated rings. The van der Waals surface area contributed by atoms with E-state index in [4.69, 9.17) is 23.2 Å². The number of hydrogen-bond acceptors (Lipinski definition) is 1. The van der Waals surface area contributed by atoms with E-state index >= 15 is 0 Å². The first kappa shape index (κ1) is 11.9. The normalized spacial score (nSPS) is 18.2. The number of amides is 2. The molecule has 1 aliphatic carbocycles. The molecule has 0 heterocycles. The molecule has 0 radical (unpaired) electrons. The van der Waals surface area contributed by atoms with Gasteiger partial charge in [0.05, 0.1) is 0 Å². The number of urea groups is 1. The third kappa shape index (κ3) is 4.91. The molecular formula is C9H16Cl2N2O. The highest BCUT2D eigenvalue weighted by Gasteiger charge is 2.15. The monoisotopic (exact) mass is 238 g/mol. The van der Waals surface area contributed by atoms with E-state index in [1.807, 2.05) is 0 Å². The summed E-state index contributed by atoms with van der Waals surface area (Å²) >= 11 is 11.0. The van der Waals surface area contributed by atoms with Crippen LogP contribution in [0.1, 0.15) is 32.1 Å². The van der Waals surface area contributed by atoms with Crippen molar-refractivity contribution in [3.8, 4) is 0 Å². The van der Waals surface area contributed by atoms with Crippen molar-refractivity contribution in [3.63, 3.8) is 0 Å². The molecule has 0 aromatic heterocycles. The van der Waals surface area contributed by atoms with Crippen molar-refractivity contribution in [3.05, 3.63) is 0 Å². The van der Waals surface area contributed by atoms with Crippen molar-refractivity contribution >= 4 is 29.2 Å². The van der Waals surface area contributed by atoms with Gasteiger partial charge in [-0.3, -0.25) is 0 Å². The topological polar surface area (TPSA) is 41.1 Å². The van der Waals surface area contributed by atoms with Crippen molar-refractivity contribution in [2.45, 2.75) is 43.0 Å². The molecule has 0 bridgehead atoms. The Balaban J connectivity index is 2.12. The summed E-state index contributed by atoms with van der Waals surface area (Å²) in [7, 11) is 0. The molecule has 0 spiro atoms. The molecule has 5 heteroatoms. The van der Waals surface area contributed by atoms with Gasteiger partial charge in [-0.15, -0.1) is 23.2 Å². The fourth-order valence-corrected chi connectivity index (χ4v) is 1.81. The van der Waals surface area contributed by atoms with E-state index in [1.165, 1.54) is 19.3 Å². The van der Waals surface area contributed by atoms with Gasteiger partial charge in [0.25, 0.3) is 0 Å². The predicted molar refractivity (Wildman–Crippen MR) is 58.9 cm³/mol. The maximum atomic E-state index is 11.3. The molecule has 2 N–H and O–H groups in total. The first-order valence-electron chi connectivity index (χ1n) is 5.01. The van der Waals surface area contributed by atoms with Crippen LogP contribution < -0.4 is 10.6 Å². The lowest BCUT2D eigenvalue weighted by atomic mass is 9.96. The zero-order valence-electron chi connectivity index (χ0n) is 8.06. The van der Waals surface area contributed by atoms with Crippen LogP contribution in [-0.2, 0) is 0 Å². The number of nitrogens with one attached hydrogen (secondary N) is 2. The van der Waals surface area contributed by atoms with Crippen molar-refractivity contribution in [1.82, 2.24) is 10.6 Å². The van der Waals surface area contributed by atoms with E-state index in [1.54, 1.807) is 0 Å². The zero-order chi connectivity index (χ0) is 10.4. The molecule has 3 nitrogen and oxygen atoms in total. The average molecular weight is 239 g/mol. The minimum atomic E-state index is -0.535. The molecule has 0 aliphatic heterocycles. The highest BCUT2D eigenvalue weighted by Crippen LogP contribution is 2.17. The summed E-state index contributed by atoms with van der Waals surface area (Å²) < 4.78 is 0. The first-order valence-corrected chi connectivity index (χ1v) is 5.88. The fourth-order valence-electron chi connectivity index (χ4n) is 1.65. The summed E-state index contributed by atoms with van der Waals surface area (Å²) in [5, 5.41) is 5.52. The van der Waals surface area contributed by atoms with Crippen LogP contribution in [0.15, 0.2) is 0 Å². The Morgan fingerprint density at radius 2 is 1.93 bits per heavy atom. The lowest BCUT2D eigenvalue weighted by Gasteiger charge is -2.22. The summed E-state index contributed by atoms with van der Waals surface area (Å²) in [5.41, 5.74) is 0. The van der Waals surface area contributed by atoms with Crippen molar-refractivity contribution < 1.29 is 4.79 Å². The highest BCUT2D eigenvalue weighted by molar-refractivity contribution is 6.44. The number of alkyl halides is 2. The van der Waals surface area contributed by atoms with E-state index in [2.05, 4.69) is 10.6 Å². The summed E-state index contributed by atoms with van der Waals surface area (Å²) in [6, 6.07) is 0.163. The number of rotatable bonds is 3. The Labute approximate surface area is 94.5 Å². The molecule has 0 saturated heterocycles. The van der Waals surface area contributed by atoms with E-state index in [9.17, 15) is 4.79 Å². The van der Waals surface area contributed by atoms with Crippen LogP contribution in [0.2, 0.25) is 0 Å². The number of hydrogen-bond donors (Lipinski definition) is 2. The SMILES string of the molecule is O=C(NCC(Cl)Cl)NC1CCCCC1. The van der Waals surface area contributed by atoms with Gasteiger partial charge in [0.1, 0.15) is 4.84 Å². The molecule has 2 amide bonds. The quantitative estimate of drug-likeness (QED) is 0.729. The fraction of sp³-hybridized carbons (Fsp3) is 0.889. The molecule has 0 unspecified atom stereocenters. The molecule has 0 aromatic carbocycles. The van der Waals surface area contributed by atoms with Gasteiger partial charge in [0.15, 0.2) is 0 Å². The summed E-state index contributed by atoms with van der Waals surface area (Å²) in [6.07, 6.45) is 5.86. The van der Waals surface area contributed by atoms with Crippen molar-refractivity contribution in [2.75, 3.05) is 6.54 Å². The van der Waals surface area contributed by atoms with Gasteiger partial charge in [-0.2, -0.15) is 0 Å². The van der Waals surface area contributed by atoms with Crippen LogP contribution in [0, 0.1) is 0 Å². The summed E-state index contributed by atoms with van der Waals surface area (Å²) in [4.78, 5) is 10.7. The largest absolute Gasteiger partial charge is 0.335 e. The van der Waals surface area contributed by atoms with Gasteiger partial charge in [-0.25, -0.2) is 4.79 Å². The van der Waals surface area contributed by atoms with E-state index in [0.717, 1.165) is 12.8 Å². The number of carbonyl (C=O) groups excluding carboxylic acids is 1. The maximum Gasteiger partial charge on any atom is 0.315 e. The van der Waals surface area contributed by atoms with Crippen LogP contribution >= 0.6 is 23.2 Å². The molecule has 14 heavy (non-hydrogen) atoms. The Morgan fingerprint density at radius 1 is 1.29 bits per heavy atom. The molecule has 1 rings (SSSR count). The van der Waals surface area contributed by atoms with Gasteiger partial charge in [0, 0.05) is 12.6 Å². The Kier molecular flexibility index (Phi) is 5.41. The zero-order valence-corrected chi connectivity index (χ0v) is 9.57. The van der Waals surface area contributed by atoms with Crippen LogP contribution in [0.25, 0.3) is 0 Å². The Bertz CT molecular complexity index is 182. The van der Waals surface area contributed by atoms with E-state index < -0.39 is 4.84 Å². The standard InChI is InChI=1S/C9H16Cl2N2O/c10-8(11)6-12-9(14)13-7-4-2-1-3-5-7/h7-8H,1-6H2,(H2,12,13,14). The van der Waals surface area contributed by atoms with E-state index in [0.29, 0.717) is 12.6 Å². The van der Waals surface area contributed by atoms with Crippen molar-refractivity contribution in [2.24, 2.45) is 0 Å². The maximum absolute atomic E-state index is 11.3. The van der Waals surface area contributed by atoms with Crippen LogP contribution in [0.3, 0.4) is 0 Å². The second-order valence-corrected chi connectivity index (χ2v) is 4.86. The third-order valence-corrected chi connectivity index (χ3v) is 2.67. The molecule has 1 saturated carbocycles. The minimum Gasteiger partial charge on any atom is -0.335 e. The van der Waals surface area contributed by atoms with Gasteiger partial charge in [0.2, 0.25) is 0 Å². The first-order chi connectivity index (χ1) is 6.68. The van der Waals surface area contributed by atoms with Gasteiger partial charge < -0.3 is 10.6 Å². The molecule has 1 aliphatic rings. The van der Waals surface area contributed by atoms with Gasteiger partial charge >= 0.3 is 6.03 Å². The lowest BCUT2D eigenvalue weighted by molar-refractivity contribution is 0.233. The molecule has 0 aromatic rings. The predicted octanol–water partition coefficient (Wildman–Crippen LogP) is 2.42. The second kappa shape index (κ2) is 6.36. The minimum absolute atomic E-state index is 0.164. The third-order valence-electron chi connectivity index (χ3n) is 2.36. The Hall–Kier alpha value is -0.150. The van der Waals surface area contributed by atoms with Crippen LogP contribution in [-0.4, -0.2) is 23.5 Å².